The monoisotopic (exact) mass is 568 g/mol. The molecule has 2 atom stereocenters. The van der Waals surface area contributed by atoms with Gasteiger partial charge in [-0.15, -0.1) is 0 Å². The number of nitrogens with zero attached hydrogens (tertiary/aromatic N) is 2. The number of aliphatic carboxylic acids is 1. The number of nitrogens with one attached hydrogen (secondary N) is 4. The van der Waals surface area contributed by atoms with E-state index >= 15 is 0 Å². The van der Waals surface area contributed by atoms with Crippen LogP contribution in [0.4, 0.5) is 5.69 Å². The fourth-order valence-corrected chi connectivity index (χ4v) is 3.99. The second kappa shape index (κ2) is 11.8. The van der Waals surface area contributed by atoms with Crippen LogP contribution in [0.3, 0.4) is 0 Å². The van der Waals surface area contributed by atoms with Crippen LogP contribution in [0.5, 0.6) is 5.75 Å². The van der Waals surface area contributed by atoms with Crippen LogP contribution in [-0.4, -0.2) is 69.8 Å². The van der Waals surface area contributed by atoms with Crippen LogP contribution in [0.2, 0.25) is 5.02 Å². The molecule has 186 valence electrons. The summed E-state index contributed by atoms with van der Waals surface area (Å²) in [5.41, 5.74) is 0.743. The van der Waals surface area contributed by atoms with E-state index in [1.807, 2.05) is 0 Å². The number of rotatable bonds is 8. The number of carbonyl (C=O) groups excluding carboxylic acids is 2. The summed E-state index contributed by atoms with van der Waals surface area (Å²) in [5.74, 6) is -2.41. The summed E-state index contributed by atoms with van der Waals surface area (Å²) < 4.78 is 0.486. The molecule has 1 aliphatic heterocycles. The van der Waals surface area contributed by atoms with Crippen LogP contribution in [0.25, 0.3) is 0 Å². The van der Waals surface area contributed by atoms with Crippen molar-refractivity contribution in [3.8, 4) is 5.75 Å². The summed E-state index contributed by atoms with van der Waals surface area (Å²) >= 11 is 9.17. The molecular formula is C21H22BrClN6O6. The number of aliphatic imine (C=N–C) groups is 1. The summed E-state index contributed by atoms with van der Waals surface area (Å²) in [4.78, 5) is 44.4. The number of aromatic nitrogens is 1. The lowest BCUT2D eigenvalue weighted by molar-refractivity contribution is -0.137. The first-order valence-electron chi connectivity index (χ1n) is 10.3. The third-order valence-corrected chi connectivity index (χ3v) is 5.53. The van der Waals surface area contributed by atoms with Gasteiger partial charge in [0.1, 0.15) is 5.75 Å². The molecular weight excluding hydrogens is 548 g/mol. The van der Waals surface area contributed by atoms with Gasteiger partial charge in [-0.05, 0) is 18.2 Å². The lowest BCUT2D eigenvalue weighted by Crippen LogP contribution is -2.42. The van der Waals surface area contributed by atoms with Gasteiger partial charge < -0.3 is 36.6 Å². The molecule has 14 heteroatoms. The normalized spacial score (nSPS) is 15.9. The number of hydrogen-bond acceptors (Lipinski definition) is 9. The lowest BCUT2D eigenvalue weighted by Gasteiger charge is -2.20. The van der Waals surface area contributed by atoms with Crippen molar-refractivity contribution >= 4 is 57.0 Å². The van der Waals surface area contributed by atoms with Gasteiger partial charge in [0.2, 0.25) is 5.91 Å². The molecule has 3 rings (SSSR count). The number of aliphatic hydroxyl groups is 1. The van der Waals surface area contributed by atoms with Gasteiger partial charge in [0.25, 0.3) is 5.91 Å². The van der Waals surface area contributed by atoms with Gasteiger partial charge in [-0.2, -0.15) is 0 Å². The average Bonchev–Trinajstić information content (AvgIpc) is 2.81. The van der Waals surface area contributed by atoms with E-state index in [9.17, 15) is 29.7 Å². The Morgan fingerprint density at radius 3 is 2.71 bits per heavy atom. The molecule has 2 aromatic rings. The van der Waals surface area contributed by atoms with Crippen LogP contribution >= 0.6 is 27.5 Å². The number of carboxylic acids is 1. The largest absolute Gasteiger partial charge is 0.506 e. The van der Waals surface area contributed by atoms with Crippen molar-refractivity contribution in [1.29, 1.82) is 0 Å². The molecule has 2 amide bonds. The van der Waals surface area contributed by atoms with E-state index in [-0.39, 0.29) is 28.4 Å². The molecule has 0 radical (unpaired) electrons. The van der Waals surface area contributed by atoms with E-state index in [4.69, 9.17) is 11.6 Å². The molecule has 0 aliphatic carbocycles. The minimum atomic E-state index is -1.21. The van der Waals surface area contributed by atoms with Crippen molar-refractivity contribution in [3.05, 3.63) is 51.2 Å². The number of β-amino-alcohol motifs (C(OH)–C–C–N with tert-alkyl or cyclic N) is 1. The van der Waals surface area contributed by atoms with Gasteiger partial charge in [0.15, 0.2) is 5.96 Å². The summed E-state index contributed by atoms with van der Waals surface area (Å²) in [6, 6.07) is 3.29. The molecule has 0 spiro atoms. The van der Waals surface area contributed by atoms with Crippen LogP contribution in [0.1, 0.15) is 28.4 Å². The van der Waals surface area contributed by atoms with E-state index in [1.165, 1.54) is 30.6 Å². The number of hydrogen-bond donors (Lipinski definition) is 7. The van der Waals surface area contributed by atoms with Crippen molar-refractivity contribution in [2.24, 2.45) is 4.99 Å². The highest BCUT2D eigenvalue weighted by atomic mass is 79.9. The molecule has 1 aliphatic rings. The van der Waals surface area contributed by atoms with Crippen molar-refractivity contribution < 1.29 is 29.7 Å². The topological polar surface area (TPSA) is 185 Å². The zero-order valence-electron chi connectivity index (χ0n) is 18.1. The van der Waals surface area contributed by atoms with Crippen LogP contribution in [0.15, 0.2) is 40.1 Å². The smallest absolute Gasteiger partial charge is 0.305 e. The molecule has 2 heterocycles. The Bertz CT molecular complexity index is 1160. The molecule has 0 saturated carbocycles. The van der Waals surface area contributed by atoms with Crippen molar-refractivity contribution in [2.75, 3.05) is 25.0 Å². The summed E-state index contributed by atoms with van der Waals surface area (Å²) in [5, 5.41) is 39.7. The third kappa shape index (κ3) is 7.53. The zero-order chi connectivity index (χ0) is 25.5. The third-order valence-electron chi connectivity index (χ3n) is 4.78. The number of phenols is 1. The Morgan fingerprint density at radius 2 is 2.03 bits per heavy atom. The van der Waals surface area contributed by atoms with E-state index in [1.54, 1.807) is 0 Å². The second-order valence-electron chi connectivity index (χ2n) is 7.54. The number of carbonyl (C=O) groups is 3. The van der Waals surface area contributed by atoms with Crippen molar-refractivity contribution in [3.63, 3.8) is 0 Å². The number of aliphatic hydroxyl groups excluding tert-OH is 1. The minimum absolute atomic E-state index is 0.0149. The van der Waals surface area contributed by atoms with Crippen molar-refractivity contribution in [2.45, 2.75) is 18.6 Å². The number of phenolic OH excluding ortho intramolecular Hbond substituents is 1. The number of amides is 2. The Labute approximate surface area is 212 Å². The fourth-order valence-electron chi connectivity index (χ4n) is 3.16. The fraction of sp³-hybridized carbons (Fsp3) is 0.286. The maximum absolute atomic E-state index is 12.5. The molecule has 35 heavy (non-hydrogen) atoms. The minimum Gasteiger partial charge on any atom is -0.506 e. The molecule has 12 nitrogen and oxygen atoms in total. The predicted molar refractivity (Wildman–Crippen MR) is 130 cm³/mol. The van der Waals surface area contributed by atoms with Gasteiger partial charge in [-0.25, -0.2) is 0 Å². The summed E-state index contributed by atoms with van der Waals surface area (Å²) in [6.45, 7) is 0.118. The second-order valence-corrected chi connectivity index (χ2v) is 8.86. The summed E-state index contributed by atoms with van der Waals surface area (Å²) in [7, 11) is 0. The molecule has 0 bridgehead atoms. The van der Waals surface area contributed by atoms with E-state index in [0.29, 0.717) is 22.7 Å². The van der Waals surface area contributed by atoms with E-state index in [2.05, 4.69) is 47.2 Å². The molecule has 0 fully saturated rings. The maximum atomic E-state index is 12.5. The van der Waals surface area contributed by atoms with Crippen molar-refractivity contribution in [1.82, 2.24) is 20.9 Å². The van der Waals surface area contributed by atoms with Gasteiger partial charge in [0.05, 0.1) is 54.1 Å². The number of pyridine rings is 1. The molecule has 7 N–H and O–H groups in total. The zero-order valence-corrected chi connectivity index (χ0v) is 20.4. The standard InChI is InChI=1S/C21H22BrClN6O6/c22-11-2-14(19(34)15(23)3-11)16(4-18(32)33)29-17(31)9-25-20(35)10-1-12(6-24-5-10)28-21-26-7-13(30)8-27-21/h1-3,5-6,13,16,30,34H,4,7-9H2,(H,25,35)(H,29,31)(H,32,33)(H2,26,27,28)/t16-/m0/s1. The highest BCUT2D eigenvalue weighted by Crippen LogP contribution is 2.36. The molecule has 0 saturated heterocycles. The number of benzene rings is 1. The van der Waals surface area contributed by atoms with Crippen LogP contribution in [-0.2, 0) is 9.59 Å². The first-order chi connectivity index (χ1) is 16.6. The average molecular weight is 570 g/mol. The maximum Gasteiger partial charge on any atom is 0.305 e. The van der Waals surface area contributed by atoms with E-state index < -0.39 is 42.9 Å². The van der Waals surface area contributed by atoms with Gasteiger partial charge in [-0.1, -0.05) is 27.5 Å². The van der Waals surface area contributed by atoms with Gasteiger partial charge in [0, 0.05) is 22.8 Å². The van der Waals surface area contributed by atoms with Gasteiger partial charge >= 0.3 is 5.97 Å². The summed E-state index contributed by atoms with van der Waals surface area (Å²) in [6.07, 6.45) is 1.70. The number of guanidine groups is 1. The lowest BCUT2D eigenvalue weighted by atomic mass is 10.0. The highest BCUT2D eigenvalue weighted by Gasteiger charge is 2.23. The highest BCUT2D eigenvalue weighted by molar-refractivity contribution is 9.10. The Balaban J connectivity index is 1.62. The van der Waals surface area contributed by atoms with Crippen LogP contribution in [0, 0.1) is 0 Å². The number of aromatic hydroxyl groups is 1. The molecule has 1 aromatic carbocycles. The predicted octanol–water partition coefficient (Wildman–Crippen LogP) is 0.997. The van der Waals surface area contributed by atoms with E-state index in [0.717, 1.165) is 0 Å². The number of anilines is 1. The quantitative estimate of drug-likeness (QED) is 0.243. The Hall–Kier alpha value is -3.42. The first-order valence-corrected chi connectivity index (χ1v) is 11.4. The first kappa shape index (κ1) is 26.2. The number of halogens is 2. The molecule has 1 aromatic heterocycles. The number of carboxylic acid groups (broad SMARTS) is 1. The molecule has 1 unspecified atom stereocenters. The SMILES string of the molecule is O=C(O)C[C@H](NC(=O)CNC(=O)c1cncc(NC2=NCC(O)CN2)c1)c1cc(Br)cc(Cl)c1O. The Morgan fingerprint density at radius 1 is 1.26 bits per heavy atom. The Kier molecular flexibility index (Phi) is 8.84. The van der Waals surface area contributed by atoms with Crippen LogP contribution < -0.4 is 21.3 Å². The van der Waals surface area contributed by atoms with Gasteiger partial charge in [-0.3, -0.25) is 24.4 Å².